The highest BCUT2D eigenvalue weighted by Gasteiger charge is 2.49. The molecule has 0 spiro atoms. The van der Waals surface area contributed by atoms with Crippen LogP contribution in [0.25, 0.3) is 0 Å². The second-order valence-electron chi connectivity index (χ2n) is 8.85. The number of alkyl halides is 2. The van der Waals surface area contributed by atoms with E-state index < -0.39 is 23.4 Å². The maximum atomic E-state index is 15.1. The fraction of sp³-hybridized carbons (Fsp3) is 0.417. The summed E-state index contributed by atoms with van der Waals surface area (Å²) in [5.41, 5.74) is 0.777. The van der Waals surface area contributed by atoms with Gasteiger partial charge in [0.05, 0.1) is 12.5 Å². The molecule has 2 aromatic carbocycles. The van der Waals surface area contributed by atoms with E-state index in [0.29, 0.717) is 39.6 Å². The molecule has 1 aliphatic carbocycles. The first-order valence-electron chi connectivity index (χ1n) is 10.6. The Hall–Kier alpha value is -2.18. The maximum Gasteiger partial charge on any atom is 0.350 e. The number of hydrogen-bond acceptors (Lipinski definition) is 2. The van der Waals surface area contributed by atoms with Gasteiger partial charge in [-0.15, -0.1) is 0 Å². The molecule has 170 valence electrons. The van der Waals surface area contributed by atoms with Crippen molar-refractivity contribution in [3.8, 4) is 0 Å². The molecule has 0 saturated heterocycles. The van der Waals surface area contributed by atoms with Crippen LogP contribution in [0.3, 0.4) is 0 Å². The molecule has 2 amide bonds. The molecule has 1 N–H and O–H groups in total. The van der Waals surface area contributed by atoms with Gasteiger partial charge in [-0.2, -0.15) is 8.78 Å². The van der Waals surface area contributed by atoms with E-state index in [-0.39, 0.29) is 30.9 Å². The highest BCUT2D eigenvalue weighted by molar-refractivity contribution is 6.36. The molecule has 1 aliphatic heterocycles. The Bertz CT molecular complexity index is 1070. The maximum absolute atomic E-state index is 15.1. The smallest absolute Gasteiger partial charge is 0.345 e. The summed E-state index contributed by atoms with van der Waals surface area (Å²) >= 11 is 12.4. The van der Waals surface area contributed by atoms with E-state index in [2.05, 4.69) is 5.32 Å². The predicted octanol–water partition coefficient (Wildman–Crippen LogP) is 5.44. The third-order valence-corrected chi connectivity index (χ3v) is 7.19. The molecule has 1 atom stereocenters. The van der Waals surface area contributed by atoms with Crippen LogP contribution in [0, 0.1) is 0 Å². The Morgan fingerprint density at radius 1 is 1.16 bits per heavy atom. The number of rotatable bonds is 5. The van der Waals surface area contributed by atoms with Gasteiger partial charge < -0.3 is 10.2 Å². The fourth-order valence-electron chi connectivity index (χ4n) is 4.25. The molecule has 32 heavy (non-hydrogen) atoms. The lowest BCUT2D eigenvalue weighted by Gasteiger charge is -2.37. The van der Waals surface area contributed by atoms with Crippen LogP contribution < -0.4 is 5.32 Å². The molecule has 2 aromatic rings. The van der Waals surface area contributed by atoms with Crippen LogP contribution in [-0.2, 0) is 28.4 Å². The van der Waals surface area contributed by atoms with E-state index in [1.54, 1.807) is 43.0 Å². The lowest BCUT2D eigenvalue weighted by molar-refractivity contribution is -0.148. The van der Waals surface area contributed by atoms with E-state index in [1.165, 1.54) is 12.1 Å². The lowest BCUT2D eigenvalue weighted by atomic mass is 9.87. The van der Waals surface area contributed by atoms with Gasteiger partial charge in [0, 0.05) is 27.7 Å². The molecular formula is C24H24Cl2F2N2O2. The molecule has 1 saturated carbocycles. The molecule has 1 heterocycles. The van der Waals surface area contributed by atoms with Crippen LogP contribution in [0.1, 0.15) is 55.0 Å². The van der Waals surface area contributed by atoms with Gasteiger partial charge in [0.2, 0.25) is 5.91 Å². The van der Waals surface area contributed by atoms with Crippen LogP contribution in [-0.4, -0.2) is 28.8 Å². The predicted molar refractivity (Wildman–Crippen MR) is 120 cm³/mol. The van der Waals surface area contributed by atoms with Crippen molar-refractivity contribution in [1.29, 1.82) is 0 Å². The Balaban J connectivity index is 1.58. The summed E-state index contributed by atoms with van der Waals surface area (Å²) in [6, 6.07) is 9.19. The third-order valence-electron chi connectivity index (χ3n) is 6.48. The second kappa shape index (κ2) is 8.31. The number of benzene rings is 2. The fourth-order valence-corrected chi connectivity index (χ4v) is 4.78. The van der Waals surface area contributed by atoms with Gasteiger partial charge in [-0.05, 0) is 61.9 Å². The van der Waals surface area contributed by atoms with Crippen molar-refractivity contribution in [2.24, 2.45) is 0 Å². The van der Waals surface area contributed by atoms with Gasteiger partial charge in [-0.3, -0.25) is 9.59 Å². The number of nitrogens with zero attached hydrogens (tertiary/aromatic N) is 1. The summed E-state index contributed by atoms with van der Waals surface area (Å²) < 4.78 is 30.3. The minimum absolute atomic E-state index is 0.0228. The molecule has 1 fully saturated rings. The van der Waals surface area contributed by atoms with Gasteiger partial charge in [-0.1, -0.05) is 47.5 Å². The average Bonchev–Trinajstić information content (AvgIpc) is 3.47. The number of hydrogen-bond donors (Lipinski definition) is 1. The normalized spacial score (nSPS) is 19.3. The van der Waals surface area contributed by atoms with Crippen molar-refractivity contribution in [2.75, 3.05) is 6.54 Å². The number of nitrogens with one attached hydrogen (secondary N) is 1. The number of halogens is 4. The molecule has 0 unspecified atom stereocenters. The lowest BCUT2D eigenvalue weighted by Crippen LogP contribution is -2.45. The van der Waals surface area contributed by atoms with E-state index in [4.69, 9.17) is 23.2 Å². The molecule has 0 bridgehead atoms. The van der Waals surface area contributed by atoms with Gasteiger partial charge in [0.15, 0.2) is 0 Å². The number of amides is 2. The van der Waals surface area contributed by atoms with Crippen molar-refractivity contribution in [3.05, 3.63) is 68.7 Å². The zero-order chi connectivity index (χ0) is 23.3. The molecule has 4 nitrogen and oxygen atoms in total. The number of carbonyl (C=O) groups is 2. The zero-order valence-electron chi connectivity index (χ0n) is 17.9. The highest BCUT2D eigenvalue weighted by Crippen LogP contribution is 2.41. The summed E-state index contributed by atoms with van der Waals surface area (Å²) in [5, 5.41) is 3.29. The average molecular weight is 481 g/mol. The second-order valence-corrected chi connectivity index (χ2v) is 9.67. The quantitative estimate of drug-likeness (QED) is 0.618. The number of fused-ring (bicyclic) bond motifs is 1. The van der Waals surface area contributed by atoms with E-state index in [0.717, 1.165) is 0 Å². The summed E-state index contributed by atoms with van der Waals surface area (Å²) in [6.07, 6.45) is 1.66. The Labute approximate surface area is 195 Å². The number of carbonyl (C=O) groups excluding carboxylic acids is 2. The minimum Gasteiger partial charge on any atom is -0.345 e. The minimum atomic E-state index is -3.64. The summed E-state index contributed by atoms with van der Waals surface area (Å²) in [4.78, 5) is 27.1. The molecule has 2 aliphatic rings. The van der Waals surface area contributed by atoms with Crippen LogP contribution in [0.4, 0.5) is 8.78 Å². The molecule has 0 radical (unpaired) electrons. The summed E-state index contributed by atoms with van der Waals surface area (Å²) in [7, 11) is 0. The molecular weight excluding hydrogens is 457 g/mol. The van der Waals surface area contributed by atoms with Crippen molar-refractivity contribution in [2.45, 2.75) is 57.0 Å². The van der Waals surface area contributed by atoms with Crippen LogP contribution in [0.2, 0.25) is 10.0 Å². The van der Waals surface area contributed by atoms with E-state index in [9.17, 15) is 9.59 Å². The first kappa shape index (κ1) is 23.0. The zero-order valence-corrected chi connectivity index (χ0v) is 19.4. The Morgan fingerprint density at radius 2 is 1.78 bits per heavy atom. The first-order chi connectivity index (χ1) is 15.0. The van der Waals surface area contributed by atoms with Gasteiger partial charge >= 0.3 is 5.92 Å². The van der Waals surface area contributed by atoms with E-state index >= 15 is 8.78 Å². The topological polar surface area (TPSA) is 49.4 Å². The first-order valence-corrected chi connectivity index (χ1v) is 11.3. The van der Waals surface area contributed by atoms with Crippen LogP contribution >= 0.6 is 23.2 Å². The summed E-state index contributed by atoms with van der Waals surface area (Å²) in [5.74, 6) is -5.10. The Morgan fingerprint density at radius 3 is 2.41 bits per heavy atom. The van der Waals surface area contributed by atoms with Crippen molar-refractivity contribution in [3.63, 3.8) is 0 Å². The van der Waals surface area contributed by atoms with Gasteiger partial charge in [0.1, 0.15) is 0 Å². The largest absolute Gasteiger partial charge is 0.350 e. The monoisotopic (exact) mass is 480 g/mol. The third kappa shape index (κ3) is 4.23. The van der Waals surface area contributed by atoms with Crippen molar-refractivity contribution in [1.82, 2.24) is 10.2 Å². The standard InChI is InChI=1S/C24H24Cl2F2N2O2/c1-14-15-5-3-6-18(24(27,28)22(32)29-23(2)10-11-23)16(15)9-12-30(14)21(31)13-17-19(25)7-4-8-20(17)26/h3-8,14H,9-13H2,1-2H3,(H,29,32)/t14-/m0/s1. The summed E-state index contributed by atoms with van der Waals surface area (Å²) in [6.45, 7) is 3.83. The highest BCUT2D eigenvalue weighted by atomic mass is 35.5. The van der Waals surface area contributed by atoms with Crippen LogP contribution in [0.5, 0.6) is 0 Å². The van der Waals surface area contributed by atoms with Gasteiger partial charge in [0.25, 0.3) is 5.91 Å². The SMILES string of the molecule is C[C@H]1c2cccc(C(F)(F)C(=O)NC3(C)CC3)c2CCN1C(=O)Cc1c(Cl)cccc1Cl. The van der Waals surface area contributed by atoms with Crippen LogP contribution in [0.15, 0.2) is 36.4 Å². The Kier molecular flexibility index (Phi) is 5.97. The van der Waals surface area contributed by atoms with E-state index in [1.807, 2.05) is 0 Å². The van der Waals surface area contributed by atoms with Crippen molar-refractivity contribution < 1.29 is 18.4 Å². The molecule has 4 rings (SSSR count). The van der Waals surface area contributed by atoms with Crippen molar-refractivity contribution >= 4 is 35.0 Å². The molecule has 0 aromatic heterocycles. The molecule has 8 heteroatoms. The van der Waals surface area contributed by atoms with Gasteiger partial charge in [-0.25, -0.2) is 0 Å².